The molecule has 2 rings (SSSR count). The molecule has 17 heavy (non-hydrogen) atoms. The van der Waals surface area contributed by atoms with Crippen molar-refractivity contribution in [3.63, 3.8) is 0 Å². The quantitative estimate of drug-likeness (QED) is 0.707. The number of benzene rings is 1. The summed E-state index contributed by atoms with van der Waals surface area (Å²) in [5, 5.41) is 13.1. The van der Waals surface area contributed by atoms with E-state index >= 15 is 0 Å². The van der Waals surface area contributed by atoms with Crippen molar-refractivity contribution in [1.29, 1.82) is 0 Å². The minimum Gasteiger partial charge on any atom is -0.364 e. The van der Waals surface area contributed by atoms with E-state index < -0.39 is 0 Å². The fraction of sp³-hybridized carbons (Fsp3) is 0.154. The molecule has 1 heterocycles. The SMILES string of the molecule is C=CCN(CC=C)c1ccc2c(c1=C)=NN=N2. The Morgan fingerprint density at radius 1 is 1.18 bits per heavy atom. The molecule has 1 aromatic carbocycles. The monoisotopic (exact) mass is 226 g/mol. The van der Waals surface area contributed by atoms with Crippen molar-refractivity contribution in [2.45, 2.75) is 0 Å². The van der Waals surface area contributed by atoms with Gasteiger partial charge in [-0.05, 0) is 17.4 Å². The average Bonchev–Trinajstić information content (AvgIpc) is 2.78. The Balaban J connectivity index is 2.49. The van der Waals surface area contributed by atoms with Gasteiger partial charge < -0.3 is 4.90 Å². The van der Waals surface area contributed by atoms with Gasteiger partial charge in [-0.25, -0.2) is 0 Å². The van der Waals surface area contributed by atoms with E-state index in [0.29, 0.717) is 0 Å². The molecule has 0 saturated heterocycles. The highest BCUT2D eigenvalue weighted by molar-refractivity contribution is 5.55. The van der Waals surface area contributed by atoms with Gasteiger partial charge in [-0.3, -0.25) is 0 Å². The van der Waals surface area contributed by atoms with Crippen LogP contribution >= 0.6 is 0 Å². The molecule has 0 bridgehead atoms. The Kier molecular flexibility index (Phi) is 3.14. The fourth-order valence-electron chi connectivity index (χ4n) is 1.80. The topological polar surface area (TPSA) is 40.3 Å². The standard InChI is InChI=1S/C13H14N4/c1-4-8-17(9-5-2)12-7-6-11-13(10(12)3)15-16-14-11/h4-7H,1-3,8-9H2. The third-order valence-electron chi connectivity index (χ3n) is 2.57. The molecule has 1 aliphatic heterocycles. The molecule has 0 fully saturated rings. The van der Waals surface area contributed by atoms with Gasteiger partial charge in [0.25, 0.3) is 0 Å². The fourth-order valence-corrected chi connectivity index (χ4v) is 1.80. The Labute approximate surface area is 100.0 Å². The van der Waals surface area contributed by atoms with Crippen LogP contribution in [0, 0.1) is 0 Å². The second-order valence-electron chi connectivity index (χ2n) is 3.70. The van der Waals surface area contributed by atoms with Crippen LogP contribution in [0.4, 0.5) is 11.4 Å². The van der Waals surface area contributed by atoms with Gasteiger partial charge >= 0.3 is 0 Å². The van der Waals surface area contributed by atoms with Gasteiger partial charge in [-0.15, -0.1) is 23.4 Å². The molecule has 0 spiro atoms. The predicted molar refractivity (Wildman–Crippen MR) is 69.9 cm³/mol. The molecular weight excluding hydrogens is 212 g/mol. The predicted octanol–water partition coefficient (Wildman–Crippen LogP) is 1.91. The number of hydrogen-bond acceptors (Lipinski definition) is 4. The Hall–Kier alpha value is -2.23. The molecule has 0 saturated carbocycles. The third kappa shape index (κ3) is 2.01. The maximum atomic E-state index is 4.05. The van der Waals surface area contributed by atoms with Crippen molar-refractivity contribution < 1.29 is 0 Å². The van der Waals surface area contributed by atoms with Crippen LogP contribution in [0.2, 0.25) is 0 Å². The lowest BCUT2D eigenvalue weighted by Crippen LogP contribution is -2.34. The molecule has 0 aromatic heterocycles. The zero-order chi connectivity index (χ0) is 12.3. The molecule has 4 heteroatoms. The van der Waals surface area contributed by atoms with E-state index in [-0.39, 0.29) is 0 Å². The molecule has 0 aliphatic carbocycles. The zero-order valence-electron chi connectivity index (χ0n) is 9.63. The second-order valence-corrected chi connectivity index (χ2v) is 3.70. The van der Waals surface area contributed by atoms with Crippen LogP contribution in [0.5, 0.6) is 0 Å². The molecule has 86 valence electrons. The molecule has 0 unspecified atom stereocenters. The van der Waals surface area contributed by atoms with E-state index in [0.717, 1.165) is 35.0 Å². The first kappa shape index (κ1) is 11.3. The van der Waals surface area contributed by atoms with Gasteiger partial charge in [-0.2, -0.15) is 0 Å². The summed E-state index contributed by atoms with van der Waals surface area (Å²) in [5.74, 6) is 0. The van der Waals surface area contributed by atoms with Gasteiger partial charge in [0.05, 0.1) is 0 Å². The van der Waals surface area contributed by atoms with Crippen LogP contribution < -0.4 is 15.5 Å². The lowest BCUT2D eigenvalue weighted by atomic mass is 10.2. The van der Waals surface area contributed by atoms with E-state index in [9.17, 15) is 0 Å². The van der Waals surface area contributed by atoms with Gasteiger partial charge in [0.15, 0.2) is 0 Å². The molecule has 1 aliphatic rings. The first-order valence-electron chi connectivity index (χ1n) is 5.35. The average molecular weight is 226 g/mol. The molecule has 0 N–H and O–H groups in total. The summed E-state index contributed by atoms with van der Waals surface area (Å²) in [6.07, 6.45) is 3.70. The van der Waals surface area contributed by atoms with Crippen molar-refractivity contribution in [3.05, 3.63) is 48.0 Å². The Morgan fingerprint density at radius 3 is 2.53 bits per heavy atom. The minimum atomic E-state index is 0.738. The van der Waals surface area contributed by atoms with Crippen molar-refractivity contribution in [1.82, 2.24) is 0 Å². The molecule has 0 radical (unpaired) electrons. The van der Waals surface area contributed by atoms with Crippen molar-refractivity contribution >= 4 is 18.0 Å². The number of nitrogens with zero attached hydrogens (tertiary/aromatic N) is 4. The summed E-state index contributed by atoms with van der Waals surface area (Å²) in [7, 11) is 0. The normalized spacial score (nSPS) is 11.8. The van der Waals surface area contributed by atoms with Gasteiger partial charge in [0.1, 0.15) is 11.0 Å². The van der Waals surface area contributed by atoms with E-state index in [4.69, 9.17) is 0 Å². The number of fused-ring (bicyclic) bond motifs is 1. The van der Waals surface area contributed by atoms with Crippen LogP contribution in [0.1, 0.15) is 0 Å². The van der Waals surface area contributed by atoms with E-state index in [1.807, 2.05) is 24.3 Å². The highest BCUT2D eigenvalue weighted by Gasteiger charge is 2.09. The Bertz CT molecular complexity index is 576. The van der Waals surface area contributed by atoms with E-state index in [1.165, 1.54) is 0 Å². The third-order valence-corrected chi connectivity index (χ3v) is 2.57. The smallest absolute Gasteiger partial charge is 0.124 e. The number of anilines is 1. The summed E-state index contributed by atoms with van der Waals surface area (Å²) >= 11 is 0. The van der Waals surface area contributed by atoms with Crippen LogP contribution in [0.15, 0.2) is 52.9 Å². The van der Waals surface area contributed by atoms with E-state index in [1.54, 1.807) is 0 Å². The molecule has 0 amide bonds. The van der Waals surface area contributed by atoms with Crippen LogP contribution in [-0.4, -0.2) is 13.1 Å². The lowest BCUT2D eigenvalue weighted by molar-refractivity contribution is 0.949. The van der Waals surface area contributed by atoms with Gasteiger partial charge in [-0.1, -0.05) is 18.7 Å². The molecule has 4 nitrogen and oxygen atoms in total. The first-order valence-corrected chi connectivity index (χ1v) is 5.35. The van der Waals surface area contributed by atoms with E-state index in [2.05, 4.69) is 40.1 Å². The van der Waals surface area contributed by atoms with Gasteiger partial charge in [0.2, 0.25) is 0 Å². The summed E-state index contributed by atoms with van der Waals surface area (Å²) in [5.41, 5.74) is 1.79. The van der Waals surface area contributed by atoms with Crippen LogP contribution in [0.25, 0.3) is 6.58 Å². The van der Waals surface area contributed by atoms with Crippen molar-refractivity contribution in [2.24, 2.45) is 15.4 Å². The lowest BCUT2D eigenvalue weighted by Gasteiger charge is -2.22. The molecule has 1 aromatic rings. The maximum absolute atomic E-state index is 4.05. The number of hydrogen-bond donors (Lipinski definition) is 0. The van der Waals surface area contributed by atoms with Gasteiger partial charge in [0, 0.05) is 24.0 Å². The molecule has 0 atom stereocenters. The van der Waals surface area contributed by atoms with Crippen LogP contribution in [0.3, 0.4) is 0 Å². The highest BCUT2D eigenvalue weighted by atomic mass is 15.4. The summed E-state index contributed by atoms with van der Waals surface area (Å²) in [4.78, 5) is 2.12. The summed E-state index contributed by atoms with van der Waals surface area (Å²) < 4.78 is 0. The Morgan fingerprint density at radius 2 is 1.88 bits per heavy atom. The maximum Gasteiger partial charge on any atom is 0.124 e. The van der Waals surface area contributed by atoms with Crippen molar-refractivity contribution in [2.75, 3.05) is 18.0 Å². The summed E-state index contributed by atoms with van der Waals surface area (Å²) in [6, 6.07) is 3.88. The molecular formula is C13H14N4. The van der Waals surface area contributed by atoms with Crippen LogP contribution in [-0.2, 0) is 0 Å². The largest absolute Gasteiger partial charge is 0.364 e. The van der Waals surface area contributed by atoms with Crippen molar-refractivity contribution in [3.8, 4) is 0 Å². The minimum absolute atomic E-state index is 0.738. The zero-order valence-corrected chi connectivity index (χ0v) is 9.63. The number of rotatable bonds is 5. The summed E-state index contributed by atoms with van der Waals surface area (Å²) in [6.45, 7) is 13.0. The first-order chi connectivity index (χ1) is 8.27. The second kappa shape index (κ2) is 4.74. The highest BCUT2D eigenvalue weighted by Crippen LogP contribution is 2.14.